The third kappa shape index (κ3) is 21.9. The van der Waals surface area contributed by atoms with Crippen LogP contribution in [0.5, 0.6) is 0 Å². The highest BCUT2D eigenvalue weighted by molar-refractivity contribution is 6.01. The van der Waals surface area contributed by atoms with Crippen LogP contribution in [0.15, 0.2) is 17.1 Å². The zero-order valence-corrected chi connectivity index (χ0v) is 22.7. The lowest BCUT2D eigenvalue weighted by atomic mass is 10.1. The summed E-state index contributed by atoms with van der Waals surface area (Å²) < 4.78 is 5.14. The molecule has 0 spiro atoms. The van der Waals surface area contributed by atoms with E-state index in [4.69, 9.17) is 9.84 Å². The van der Waals surface area contributed by atoms with Gasteiger partial charge in [0.05, 0.1) is 0 Å². The first-order chi connectivity index (χ1) is 16.5. The van der Waals surface area contributed by atoms with Crippen LogP contribution in [0.1, 0.15) is 118 Å². The SMILES string of the molecule is CCCCCCCC/C=C\CCCCCCCC(=O)NC(=NC(=O)OC(C)(C)C)N(C)CC(=O)O. The minimum Gasteiger partial charge on any atom is -0.480 e. The monoisotopic (exact) mass is 495 g/mol. The molecule has 0 saturated carbocycles. The number of unbranched alkanes of at least 4 members (excludes halogenated alkanes) is 11. The number of nitrogens with one attached hydrogen (secondary N) is 1. The lowest BCUT2D eigenvalue weighted by Gasteiger charge is -2.21. The van der Waals surface area contributed by atoms with E-state index in [0.717, 1.165) is 38.5 Å². The highest BCUT2D eigenvalue weighted by Gasteiger charge is 2.19. The Morgan fingerprint density at radius 2 is 1.40 bits per heavy atom. The topological polar surface area (TPSA) is 108 Å². The van der Waals surface area contributed by atoms with Gasteiger partial charge in [-0.2, -0.15) is 0 Å². The molecule has 0 radical (unpaired) electrons. The van der Waals surface area contributed by atoms with Crippen LogP contribution in [0.4, 0.5) is 4.79 Å². The van der Waals surface area contributed by atoms with Gasteiger partial charge in [-0.25, -0.2) is 4.79 Å². The number of carboxylic acid groups (broad SMARTS) is 1. The fraction of sp³-hybridized carbons (Fsp3) is 0.778. The van der Waals surface area contributed by atoms with Gasteiger partial charge < -0.3 is 14.7 Å². The van der Waals surface area contributed by atoms with Crippen molar-refractivity contribution in [3.8, 4) is 0 Å². The molecular weight excluding hydrogens is 446 g/mol. The number of hydrogen-bond acceptors (Lipinski definition) is 4. The standard InChI is InChI=1S/C27H49N3O5/c1-6-7-8-9-10-11-12-13-14-15-16-17-18-19-20-21-23(31)28-25(30(5)22-24(32)33)29-26(34)35-27(2,3)4/h13-14H,6-12,15-22H2,1-5H3,(H,32,33)(H,28,29,31,34)/b14-13-. The van der Waals surface area contributed by atoms with E-state index in [-0.39, 0.29) is 18.3 Å². The molecule has 202 valence electrons. The second-order valence-corrected chi connectivity index (χ2v) is 10.0. The average Bonchev–Trinajstić information content (AvgIpc) is 2.74. The Morgan fingerprint density at radius 3 is 1.91 bits per heavy atom. The molecule has 0 heterocycles. The summed E-state index contributed by atoms with van der Waals surface area (Å²) in [5.41, 5.74) is -0.745. The molecule has 0 aromatic rings. The fourth-order valence-corrected chi connectivity index (χ4v) is 3.40. The zero-order chi connectivity index (χ0) is 26.5. The number of guanidine groups is 1. The van der Waals surface area contributed by atoms with Gasteiger partial charge in [0.15, 0.2) is 0 Å². The second-order valence-electron chi connectivity index (χ2n) is 10.0. The normalized spacial score (nSPS) is 12.1. The van der Waals surface area contributed by atoms with Crippen molar-refractivity contribution in [1.29, 1.82) is 0 Å². The van der Waals surface area contributed by atoms with Crippen LogP contribution in [-0.4, -0.2) is 53.1 Å². The molecule has 0 saturated heterocycles. The van der Waals surface area contributed by atoms with E-state index >= 15 is 0 Å². The van der Waals surface area contributed by atoms with Crippen molar-refractivity contribution in [2.75, 3.05) is 13.6 Å². The Bertz CT molecular complexity index is 668. The largest absolute Gasteiger partial charge is 0.480 e. The highest BCUT2D eigenvalue weighted by Crippen LogP contribution is 2.11. The zero-order valence-electron chi connectivity index (χ0n) is 22.7. The van der Waals surface area contributed by atoms with Crippen LogP contribution in [0.3, 0.4) is 0 Å². The van der Waals surface area contributed by atoms with Crippen LogP contribution in [-0.2, 0) is 14.3 Å². The molecule has 2 amide bonds. The van der Waals surface area contributed by atoms with Gasteiger partial charge in [0.2, 0.25) is 11.9 Å². The number of hydrogen-bond donors (Lipinski definition) is 2. The molecule has 2 N–H and O–H groups in total. The summed E-state index contributed by atoms with van der Waals surface area (Å²) >= 11 is 0. The van der Waals surface area contributed by atoms with E-state index in [1.165, 1.54) is 56.9 Å². The third-order valence-corrected chi connectivity index (χ3v) is 5.24. The predicted molar refractivity (Wildman–Crippen MR) is 142 cm³/mol. The molecule has 0 unspecified atom stereocenters. The number of carbonyl (C=O) groups is 3. The molecule has 0 atom stereocenters. The van der Waals surface area contributed by atoms with Crippen LogP contribution in [0, 0.1) is 0 Å². The summed E-state index contributed by atoms with van der Waals surface area (Å²) in [6, 6.07) is 0. The fourth-order valence-electron chi connectivity index (χ4n) is 3.40. The number of carbonyl (C=O) groups excluding carboxylic acids is 2. The van der Waals surface area contributed by atoms with Crippen LogP contribution < -0.4 is 5.32 Å². The number of amides is 2. The van der Waals surface area contributed by atoms with Gasteiger partial charge in [0.1, 0.15) is 12.1 Å². The molecule has 8 nitrogen and oxygen atoms in total. The number of nitrogens with zero attached hydrogens (tertiary/aromatic N) is 2. The highest BCUT2D eigenvalue weighted by atomic mass is 16.6. The molecule has 8 heteroatoms. The quantitative estimate of drug-likeness (QED) is 0.104. The number of allylic oxidation sites excluding steroid dienone is 2. The van der Waals surface area contributed by atoms with Crippen LogP contribution in [0.25, 0.3) is 0 Å². The molecule has 0 aliphatic heterocycles. The van der Waals surface area contributed by atoms with Crippen LogP contribution >= 0.6 is 0 Å². The number of aliphatic carboxylic acids is 1. The Balaban J connectivity index is 4.13. The molecule has 0 rings (SSSR count). The molecule has 0 aromatic carbocycles. The van der Waals surface area contributed by atoms with E-state index in [1.807, 2.05) is 0 Å². The maximum atomic E-state index is 12.3. The predicted octanol–water partition coefficient (Wildman–Crippen LogP) is 6.45. The van der Waals surface area contributed by atoms with E-state index in [1.54, 1.807) is 20.8 Å². The molecule has 0 aliphatic carbocycles. The number of ether oxygens (including phenoxy) is 1. The Kier molecular flexibility index (Phi) is 18.5. The maximum absolute atomic E-state index is 12.3. The summed E-state index contributed by atoms with van der Waals surface area (Å²) in [5, 5.41) is 11.6. The van der Waals surface area contributed by atoms with Gasteiger partial charge in [-0.1, -0.05) is 70.4 Å². The average molecular weight is 496 g/mol. The molecule has 35 heavy (non-hydrogen) atoms. The van der Waals surface area contributed by atoms with Crippen molar-refractivity contribution in [2.45, 2.75) is 123 Å². The van der Waals surface area contributed by atoms with Crippen LogP contribution in [0.2, 0.25) is 0 Å². The van der Waals surface area contributed by atoms with Crippen molar-refractivity contribution in [3.63, 3.8) is 0 Å². The van der Waals surface area contributed by atoms with Gasteiger partial charge in [0.25, 0.3) is 0 Å². The van der Waals surface area contributed by atoms with Crippen molar-refractivity contribution >= 4 is 23.9 Å². The van der Waals surface area contributed by atoms with Gasteiger partial charge in [-0.15, -0.1) is 4.99 Å². The van der Waals surface area contributed by atoms with Gasteiger partial charge in [-0.3, -0.25) is 14.9 Å². The summed E-state index contributed by atoms with van der Waals surface area (Å²) in [7, 11) is 1.44. The summed E-state index contributed by atoms with van der Waals surface area (Å²) in [6.45, 7) is 6.94. The smallest absolute Gasteiger partial charge is 0.437 e. The first kappa shape index (κ1) is 32.6. The van der Waals surface area contributed by atoms with E-state index in [2.05, 4.69) is 29.4 Å². The summed E-state index contributed by atoms with van der Waals surface area (Å²) in [6.07, 6.45) is 19.3. The first-order valence-electron chi connectivity index (χ1n) is 13.2. The first-order valence-corrected chi connectivity index (χ1v) is 13.2. The number of carboxylic acids is 1. The number of rotatable bonds is 17. The van der Waals surface area contributed by atoms with Gasteiger partial charge in [-0.05, 0) is 52.9 Å². The van der Waals surface area contributed by atoms with E-state index in [0.29, 0.717) is 0 Å². The summed E-state index contributed by atoms with van der Waals surface area (Å²) in [5.74, 6) is -1.53. The van der Waals surface area contributed by atoms with Crippen molar-refractivity contribution in [1.82, 2.24) is 10.2 Å². The summed E-state index contributed by atoms with van der Waals surface area (Å²) in [4.78, 5) is 40.3. The molecule has 0 aromatic heterocycles. The number of aliphatic imine (C=N–C) groups is 1. The van der Waals surface area contributed by atoms with Gasteiger partial charge in [0, 0.05) is 13.5 Å². The second kappa shape index (κ2) is 19.9. The molecular formula is C27H49N3O5. The minimum absolute atomic E-state index is 0.126. The number of likely N-dealkylation sites (N-methyl/N-ethyl adjacent to an activating group) is 1. The molecule has 0 fully saturated rings. The Morgan fingerprint density at radius 1 is 0.886 bits per heavy atom. The molecule has 0 bridgehead atoms. The third-order valence-electron chi connectivity index (χ3n) is 5.24. The van der Waals surface area contributed by atoms with E-state index < -0.39 is 24.2 Å². The maximum Gasteiger partial charge on any atom is 0.437 e. The minimum atomic E-state index is -1.10. The lowest BCUT2D eigenvalue weighted by Crippen LogP contribution is -2.45. The molecule has 0 aliphatic rings. The van der Waals surface area contributed by atoms with Crippen molar-refractivity contribution in [3.05, 3.63) is 12.2 Å². The Labute approximate surface area is 212 Å². The van der Waals surface area contributed by atoms with E-state index in [9.17, 15) is 14.4 Å². The Hall–Kier alpha value is -2.38. The lowest BCUT2D eigenvalue weighted by molar-refractivity contribution is -0.137. The van der Waals surface area contributed by atoms with Crippen molar-refractivity contribution in [2.24, 2.45) is 4.99 Å². The van der Waals surface area contributed by atoms with Crippen molar-refractivity contribution < 1.29 is 24.2 Å². The van der Waals surface area contributed by atoms with Gasteiger partial charge >= 0.3 is 12.1 Å².